The smallest absolute Gasteiger partial charge is 0.347 e. The number of ether oxygens (including phenoxy) is 2. The summed E-state index contributed by atoms with van der Waals surface area (Å²) in [5.74, 6) is -0.969. The Labute approximate surface area is 222 Å². The number of fused-ring (bicyclic) bond motifs is 3. The van der Waals surface area contributed by atoms with Gasteiger partial charge in [-0.3, -0.25) is 4.79 Å². The standard InChI is InChI=1S/C29H33ClN2O5/c1-6-7-13-37-20-15-18-14-19(29(2,3)4)21-24(23(18)31-26(20)30)32(16-17-11-9-8-10-12-17)27(34)22(25(21)33)28(35)36-5/h8-12,15,19,33H,6-7,13-14,16H2,1-5H3. The average molecular weight is 525 g/mol. The van der Waals surface area contributed by atoms with E-state index in [2.05, 4.69) is 32.7 Å². The number of carbonyl (C=O) groups is 1. The Bertz CT molecular complexity index is 1380. The zero-order valence-electron chi connectivity index (χ0n) is 21.9. The van der Waals surface area contributed by atoms with E-state index >= 15 is 0 Å². The number of unbranched alkanes of at least 4 members (excludes halogenated alkanes) is 1. The molecule has 2 heterocycles. The van der Waals surface area contributed by atoms with Gasteiger partial charge in [-0.25, -0.2) is 9.78 Å². The van der Waals surface area contributed by atoms with Crippen molar-refractivity contribution >= 4 is 17.6 Å². The maximum atomic E-state index is 13.8. The molecule has 37 heavy (non-hydrogen) atoms. The number of pyridine rings is 2. The van der Waals surface area contributed by atoms with Crippen LogP contribution in [0.1, 0.15) is 73.5 Å². The number of aromatic hydroxyl groups is 1. The summed E-state index contributed by atoms with van der Waals surface area (Å²) >= 11 is 6.57. The molecule has 3 aromatic rings. The lowest BCUT2D eigenvalue weighted by atomic mass is 9.69. The van der Waals surface area contributed by atoms with E-state index in [1.807, 2.05) is 36.4 Å². The number of halogens is 1. The molecule has 1 aromatic carbocycles. The van der Waals surface area contributed by atoms with Crippen LogP contribution in [0.3, 0.4) is 0 Å². The normalized spacial score (nSPS) is 14.6. The average Bonchev–Trinajstić information content (AvgIpc) is 2.86. The van der Waals surface area contributed by atoms with E-state index in [-0.39, 0.29) is 34.3 Å². The van der Waals surface area contributed by atoms with Crippen molar-refractivity contribution < 1.29 is 19.4 Å². The van der Waals surface area contributed by atoms with Crippen molar-refractivity contribution in [2.24, 2.45) is 5.41 Å². The third kappa shape index (κ3) is 5.10. The molecule has 0 amide bonds. The summed E-state index contributed by atoms with van der Waals surface area (Å²) in [5.41, 5.74) is 1.85. The van der Waals surface area contributed by atoms with Gasteiger partial charge in [0.1, 0.15) is 5.75 Å². The highest BCUT2D eigenvalue weighted by molar-refractivity contribution is 6.31. The molecule has 7 nitrogen and oxygen atoms in total. The van der Waals surface area contributed by atoms with E-state index in [0.29, 0.717) is 35.7 Å². The summed E-state index contributed by atoms with van der Waals surface area (Å²) in [6.07, 6.45) is 2.41. The largest absolute Gasteiger partial charge is 0.506 e. The molecule has 2 aromatic heterocycles. The van der Waals surface area contributed by atoms with Crippen LogP contribution in [0.15, 0.2) is 41.2 Å². The summed E-state index contributed by atoms with van der Waals surface area (Å²) < 4.78 is 12.3. The molecule has 1 aliphatic carbocycles. The minimum atomic E-state index is -0.878. The summed E-state index contributed by atoms with van der Waals surface area (Å²) in [7, 11) is 1.19. The van der Waals surface area contributed by atoms with Gasteiger partial charge in [-0.15, -0.1) is 0 Å². The van der Waals surface area contributed by atoms with Crippen LogP contribution < -0.4 is 10.3 Å². The van der Waals surface area contributed by atoms with Gasteiger partial charge in [0.2, 0.25) is 0 Å². The van der Waals surface area contributed by atoms with Crippen LogP contribution in [0.25, 0.3) is 11.4 Å². The first-order valence-corrected chi connectivity index (χ1v) is 12.9. The zero-order valence-corrected chi connectivity index (χ0v) is 22.7. The Kier molecular flexibility index (Phi) is 7.64. The predicted molar refractivity (Wildman–Crippen MR) is 144 cm³/mol. The molecule has 4 rings (SSSR count). The summed E-state index contributed by atoms with van der Waals surface area (Å²) in [5, 5.41) is 11.6. The van der Waals surface area contributed by atoms with Crippen LogP contribution in [-0.4, -0.2) is 34.3 Å². The van der Waals surface area contributed by atoms with Gasteiger partial charge >= 0.3 is 5.97 Å². The fraction of sp³-hybridized carbons (Fsp3) is 0.414. The SMILES string of the molecule is CCCCOc1cc2c(nc1Cl)-c1c(c(O)c(C(=O)OC)c(=O)n1Cc1ccccc1)C(C(C)(C)C)C2. The number of nitrogens with zero attached hydrogens (tertiary/aromatic N) is 2. The molecule has 1 atom stereocenters. The monoisotopic (exact) mass is 524 g/mol. The predicted octanol–water partition coefficient (Wildman–Crippen LogP) is 5.97. The van der Waals surface area contributed by atoms with Crippen molar-refractivity contribution in [3.8, 4) is 22.9 Å². The third-order valence-electron chi connectivity index (χ3n) is 6.87. The maximum Gasteiger partial charge on any atom is 0.347 e. The molecule has 1 aliphatic rings. The van der Waals surface area contributed by atoms with Crippen molar-refractivity contribution in [2.75, 3.05) is 13.7 Å². The molecule has 0 aliphatic heterocycles. The first kappa shape index (κ1) is 26.7. The number of carbonyl (C=O) groups excluding carboxylic acids is 1. The number of hydrogen-bond donors (Lipinski definition) is 1. The Balaban J connectivity index is 2.06. The molecule has 1 N–H and O–H groups in total. The van der Waals surface area contributed by atoms with Gasteiger partial charge in [0.05, 0.1) is 31.6 Å². The number of hydrogen-bond acceptors (Lipinski definition) is 6. The lowest BCUT2D eigenvalue weighted by molar-refractivity contribution is 0.0594. The van der Waals surface area contributed by atoms with Crippen molar-refractivity contribution in [1.82, 2.24) is 9.55 Å². The van der Waals surface area contributed by atoms with E-state index in [1.54, 1.807) is 0 Å². The van der Waals surface area contributed by atoms with Crippen LogP contribution in [0.5, 0.6) is 11.5 Å². The van der Waals surface area contributed by atoms with Crippen molar-refractivity contribution in [3.63, 3.8) is 0 Å². The number of aromatic nitrogens is 2. The number of methoxy groups -OCH3 is 1. The third-order valence-corrected chi connectivity index (χ3v) is 7.14. The van der Waals surface area contributed by atoms with Gasteiger partial charge < -0.3 is 19.1 Å². The highest BCUT2D eigenvalue weighted by Gasteiger charge is 2.41. The molecular formula is C29H33ClN2O5. The highest BCUT2D eigenvalue weighted by Crippen LogP contribution is 2.51. The minimum absolute atomic E-state index is 0.177. The van der Waals surface area contributed by atoms with E-state index in [4.69, 9.17) is 21.1 Å². The summed E-state index contributed by atoms with van der Waals surface area (Å²) in [6, 6.07) is 11.4. The van der Waals surface area contributed by atoms with Gasteiger partial charge in [-0.05, 0) is 41.4 Å². The number of esters is 1. The van der Waals surface area contributed by atoms with Crippen molar-refractivity contribution in [3.05, 3.63) is 74.2 Å². The van der Waals surface area contributed by atoms with E-state index in [9.17, 15) is 14.7 Å². The molecular weight excluding hydrogens is 492 g/mol. The van der Waals surface area contributed by atoms with Gasteiger partial charge in [-0.2, -0.15) is 0 Å². The summed E-state index contributed by atoms with van der Waals surface area (Å²) in [6.45, 7) is 8.99. The number of benzene rings is 1. The molecule has 8 heteroatoms. The van der Waals surface area contributed by atoms with E-state index in [0.717, 1.165) is 24.0 Å². The lowest BCUT2D eigenvalue weighted by Gasteiger charge is -2.38. The fourth-order valence-electron chi connectivity index (χ4n) is 4.88. The Morgan fingerprint density at radius 3 is 2.57 bits per heavy atom. The first-order chi connectivity index (χ1) is 17.6. The molecule has 0 radical (unpaired) electrons. The molecule has 0 bridgehead atoms. The fourth-order valence-corrected chi connectivity index (χ4v) is 5.07. The second kappa shape index (κ2) is 10.6. The van der Waals surface area contributed by atoms with Gasteiger partial charge in [-0.1, -0.05) is 76.0 Å². The molecule has 1 unspecified atom stereocenters. The van der Waals surface area contributed by atoms with Crippen LogP contribution >= 0.6 is 11.6 Å². The van der Waals surface area contributed by atoms with Crippen LogP contribution in [0, 0.1) is 5.41 Å². The van der Waals surface area contributed by atoms with Crippen molar-refractivity contribution in [1.29, 1.82) is 0 Å². The van der Waals surface area contributed by atoms with E-state index < -0.39 is 11.5 Å². The second-order valence-corrected chi connectivity index (χ2v) is 10.8. The topological polar surface area (TPSA) is 90.7 Å². The van der Waals surface area contributed by atoms with Gasteiger partial charge in [0, 0.05) is 5.56 Å². The Morgan fingerprint density at radius 2 is 1.95 bits per heavy atom. The summed E-state index contributed by atoms with van der Waals surface area (Å²) in [4.78, 5) is 31.2. The molecule has 0 fully saturated rings. The molecule has 196 valence electrons. The second-order valence-electron chi connectivity index (χ2n) is 10.5. The minimum Gasteiger partial charge on any atom is -0.506 e. The first-order valence-electron chi connectivity index (χ1n) is 12.5. The quantitative estimate of drug-likeness (QED) is 0.233. The molecule has 0 saturated heterocycles. The molecule has 0 spiro atoms. The lowest BCUT2D eigenvalue weighted by Crippen LogP contribution is -2.35. The maximum absolute atomic E-state index is 13.8. The molecule has 0 saturated carbocycles. The van der Waals surface area contributed by atoms with Crippen LogP contribution in [-0.2, 0) is 17.7 Å². The Morgan fingerprint density at radius 1 is 1.24 bits per heavy atom. The van der Waals surface area contributed by atoms with Gasteiger partial charge in [0.15, 0.2) is 16.5 Å². The van der Waals surface area contributed by atoms with Gasteiger partial charge in [0.25, 0.3) is 5.56 Å². The van der Waals surface area contributed by atoms with Crippen molar-refractivity contribution in [2.45, 2.75) is 59.4 Å². The highest BCUT2D eigenvalue weighted by atomic mass is 35.5. The van der Waals surface area contributed by atoms with Crippen LogP contribution in [0.4, 0.5) is 0 Å². The zero-order chi connectivity index (χ0) is 26.9. The van der Waals surface area contributed by atoms with Crippen LogP contribution in [0.2, 0.25) is 5.15 Å². The van der Waals surface area contributed by atoms with E-state index in [1.165, 1.54) is 11.7 Å². The Hall–Kier alpha value is -3.32. The number of rotatable bonds is 7.